The van der Waals surface area contributed by atoms with Crippen LogP contribution in [0.25, 0.3) is 0 Å². The molecule has 0 fully saturated rings. The lowest BCUT2D eigenvalue weighted by atomic mass is 9.84. The zero-order valence-electron chi connectivity index (χ0n) is 27.4. The molecule has 3 nitrogen and oxygen atoms in total. The quantitative estimate of drug-likeness (QED) is 0.0720. The molecule has 1 N–H and O–H groups in total. The Morgan fingerprint density at radius 1 is 0.630 bits per heavy atom. The topological polar surface area (TPSA) is 38.3 Å². The van der Waals surface area contributed by atoms with E-state index in [4.69, 9.17) is 4.74 Å². The monoisotopic (exact) mass is 633 g/mol. The van der Waals surface area contributed by atoms with Gasteiger partial charge in [0.2, 0.25) is 0 Å². The van der Waals surface area contributed by atoms with Crippen molar-refractivity contribution in [1.82, 2.24) is 5.32 Å². The summed E-state index contributed by atoms with van der Waals surface area (Å²) in [5.41, 5.74) is 3.65. The SMILES string of the molecule is CC/C=C\C/C=C\C/C=C\C/C=C\C/C=C\CCCCOC(=O)NCCSC(c1ccccc1)(c1ccccc1)c1ccccc1. The first kappa shape index (κ1) is 36.4. The van der Waals surface area contributed by atoms with Gasteiger partial charge in [-0.2, -0.15) is 0 Å². The Morgan fingerprint density at radius 2 is 1.07 bits per heavy atom. The number of thioether (sulfide) groups is 1. The van der Waals surface area contributed by atoms with Crippen LogP contribution in [0.2, 0.25) is 0 Å². The number of allylic oxidation sites excluding steroid dienone is 10. The Kier molecular flexibility index (Phi) is 18.5. The van der Waals surface area contributed by atoms with E-state index < -0.39 is 4.75 Å². The highest BCUT2D eigenvalue weighted by Crippen LogP contribution is 2.48. The second-order valence-corrected chi connectivity index (χ2v) is 12.2. The van der Waals surface area contributed by atoms with Crippen molar-refractivity contribution < 1.29 is 9.53 Å². The van der Waals surface area contributed by atoms with Crippen LogP contribution in [0, 0.1) is 0 Å². The summed E-state index contributed by atoms with van der Waals surface area (Å²) in [5, 5.41) is 2.95. The number of ether oxygens (including phenoxy) is 1. The molecule has 0 heterocycles. The molecule has 0 saturated carbocycles. The zero-order valence-corrected chi connectivity index (χ0v) is 28.3. The molecule has 0 saturated heterocycles. The van der Waals surface area contributed by atoms with Crippen molar-refractivity contribution in [3.8, 4) is 0 Å². The third-order valence-corrected chi connectivity index (χ3v) is 8.94. The molecule has 0 aliphatic heterocycles. The van der Waals surface area contributed by atoms with Gasteiger partial charge in [-0.1, -0.05) is 159 Å². The van der Waals surface area contributed by atoms with Crippen molar-refractivity contribution in [1.29, 1.82) is 0 Å². The molecule has 0 aromatic heterocycles. The van der Waals surface area contributed by atoms with Crippen LogP contribution in [-0.4, -0.2) is 25.0 Å². The maximum Gasteiger partial charge on any atom is 0.407 e. The minimum absolute atomic E-state index is 0.347. The van der Waals surface area contributed by atoms with E-state index in [9.17, 15) is 4.79 Å². The third-order valence-electron chi connectivity index (χ3n) is 7.39. The van der Waals surface area contributed by atoms with Gasteiger partial charge in [-0.25, -0.2) is 4.79 Å². The summed E-state index contributed by atoms with van der Waals surface area (Å²) in [5.74, 6) is 0.734. The first-order valence-corrected chi connectivity index (χ1v) is 17.7. The predicted molar refractivity (Wildman–Crippen MR) is 199 cm³/mol. The third kappa shape index (κ3) is 13.5. The van der Waals surface area contributed by atoms with Gasteiger partial charge in [0.05, 0.1) is 11.4 Å². The minimum Gasteiger partial charge on any atom is -0.450 e. The van der Waals surface area contributed by atoms with Crippen LogP contribution in [0.5, 0.6) is 0 Å². The fraction of sp³-hybridized carbons (Fsp3) is 0.310. The van der Waals surface area contributed by atoms with Crippen LogP contribution in [0.3, 0.4) is 0 Å². The minimum atomic E-state index is -0.390. The van der Waals surface area contributed by atoms with Crippen LogP contribution < -0.4 is 5.32 Å². The van der Waals surface area contributed by atoms with Gasteiger partial charge in [0.25, 0.3) is 0 Å². The maximum absolute atomic E-state index is 12.4. The van der Waals surface area contributed by atoms with Gasteiger partial charge in [0.15, 0.2) is 0 Å². The number of carbonyl (C=O) groups is 1. The van der Waals surface area contributed by atoms with E-state index >= 15 is 0 Å². The molecule has 0 aliphatic rings. The molecule has 0 radical (unpaired) electrons. The first-order chi connectivity index (χ1) is 22.8. The summed E-state index contributed by atoms with van der Waals surface area (Å²) in [6.07, 6.45) is 29.7. The number of unbranched alkanes of at least 4 members (excludes halogenated alkanes) is 2. The number of hydrogen-bond donors (Lipinski definition) is 1. The Hall–Kier alpha value is -4.02. The number of carbonyl (C=O) groups excluding carboxylic acids is 1. The first-order valence-electron chi connectivity index (χ1n) is 16.7. The van der Waals surface area contributed by atoms with Gasteiger partial charge in [0.1, 0.15) is 0 Å². The van der Waals surface area contributed by atoms with Gasteiger partial charge >= 0.3 is 6.09 Å². The largest absolute Gasteiger partial charge is 0.450 e. The summed E-state index contributed by atoms with van der Waals surface area (Å²) in [6.45, 7) is 3.12. The van der Waals surface area contributed by atoms with Gasteiger partial charge < -0.3 is 10.1 Å². The second-order valence-electron chi connectivity index (χ2n) is 10.9. The van der Waals surface area contributed by atoms with Crippen LogP contribution in [0.1, 0.15) is 75.0 Å². The Morgan fingerprint density at radius 3 is 1.52 bits per heavy atom. The average Bonchev–Trinajstić information content (AvgIpc) is 3.10. The standard InChI is InChI=1S/C42H51NO2S/c1-2-3-4-5-6-7-8-9-10-11-12-13-14-15-16-17-18-28-36-45-41(44)43-35-37-46-42(38-29-22-19-23-30-38,39-31-24-20-25-32-39)40-33-26-21-27-34-40/h3-4,6-7,9-10,12-13,15-16,19-27,29-34H,2,5,8,11,14,17-18,28,35-37H2,1H3,(H,43,44)/b4-3-,7-6-,10-9-,13-12-,16-15-. The summed E-state index contributed by atoms with van der Waals surface area (Å²) in [4.78, 5) is 12.4. The second kappa shape index (κ2) is 23.3. The number of amides is 1. The normalized spacial score (nSPS) is 12.3. The molecule has 3 aromatic rings. The van der Waals surface area contributed by atoms with Crippen LogP contribution in [0.15, 0.2) is 152 Å². The number of benzene rings is 3. The summed E-state index contributed by atoms with van der Waals surface area (Å²) < 4.78 is 5.06. The van der Waals surface area contributed by atoms with E-state index in [1.807, 2.05) is 11.8 Å². The van der Waals surface area contributed by atoms with E-state index in [1.165, 1.54) is 16.7 Å². The summed E-state index contributed by atoms with van der Waals surface area (Å²) >= 11 is 1.83. The number of nitrogens with one attached hydrogen (secondary N) is 1. The Balaban J connectivity index is 1.31. The van der Waals surface area contributed by atoms with E-state index in [2.05, 4.69) is 164 Å². The molecule has 0 spiro atoms. The molecule has 242 valence electrons. The summed E-state index contributed by atoms with van der Waals surface area (Å²) in [6, 6.07) is 31.8. The molecular weight excluding hydrogens is 583 g/mol. The van der Waals surface area contributed by atoms with Crippen molar-refractivity contribution in [3.63, 3.8) is 0 Å². The molecule has 1 amide bonds. The van der Waals surface area contributed by atoms with Crippen molar-refractivity contribution in [3.05, 3.63) is 168 Å². The lowest BCUT2D eigenvalue weighted by Crippen LogP contribution is -2.30. The lowest BCUT2D eigenvalue weighted by Gasteiger charge is -2.35. The van der Waals surface area contributed by atoms with E-state index in [-0.39, 0.29) is 6.09 Å². The Bertz CT molecular complexity index is 1260. The average molecular weight is 634 g/mol. The number of alkyl carbamates (subject to hydrolysis) is 1. The molecule has 0 unspecified atom stereocenters. The highest BCUT2D eigenvalue weighted by Gasteiger charge is 2.36. The van der Waals surface area contributed by atoms with Crippen LogP contribution in [0.4, 0.5) is 4.79 Å². The van der Waals surface area contributed by atoms with Crippen molar-refractivity contribution in [2.45, 2.75) is 63.0 Å². The van der Waals surface area contributed by atoms with E-state index in [0.717, 1.165) is 57.1 Å². The lowest BCUT2D eigenvalue weighted by molar-refractivity contribution is 0.145. The Labute approximate surface area is 282 Å². The molecule has 3 rings (SSSR count). The zero-order chi connectivity index (χ0) is 32.4. The van der Waals surface area contributed by atoms with Gasteiger partial charge in [-0.15, -0.1) is 11.8 Å². The van der Waals surface area contributed by atoms with Gasteiger partial charge in [-0.3, -0.25) is 0 Å². The molecular formula is C42H51NO2S. The van der Waals surface area contributed by atoms with E-state index in [1.54, 1.807) is 0 Å². The van der Waals surface area contributed by atoms with Crippen molar-refractivity contribution >= 4 is 17.9 Å². The molecule has 0 atom stereocenters. The molecule has 46 heavy (non-hydrogen) atoms. The molecule has 0 aliphatic carbocycles. The maximum atomic E-state index is 12.4. The van der Waals surface area contributed by atoms with Gasteiger partial charge in [0, 0.05) is 12.3 Å². The highest BCUT2D eigenvalue weighted by molar-refractivity contribution is 8.00. The number of rotatable bonds is 21. The predicted octanol–water partition coefficient (Wildman–Crippen LogP) is 11.4. The highest BCUT2D eigenvalue weighted by atomic mass is 32.2. The fourth-order valence-corrected chi connectivity index (χ4v) is 6.49. The molecule has 4 heteroatoms. The van der Waals surface area contributed by atoms with E-state index in [0.29, 0.717) is 13.2 Å². The number of hydrogen-bond acceptors (Lipinski definition) is 3. The van der Waals surface area contributed by atoms with Crippen LogP contribution in [-0.2, 0) is 9.48 Å². The molecule has 3 aromatic carbocycles. The van der Waals surface area contributed by atoms with Crippen LogP contribution >= 0.6 is 11.8 Å². The van der Waals surface area contributed by atoms with Gasteiger partial charge in [-0.05, 0) is 68.1 Å². The fourth-order valence-electron chi connectivity index (χ4n) is 5.07. The molecule has 0 bridgehead atoms. The van der Waals surface area contributed by atoms with Crippen molar-refractivity contribution in [2.75, 3.05) is 18.9 Å². The van der Waals surface area contributed by atoms with Crippen molar-refractivity contribution in [2.24, 2.45) is 0 Å². The summed E-state index contributed by atoms with van der Waals surface area (Å²) in [7, 11) is 0. The smallest absolute Gasteiger partial charge is 0.407 e.